The van der Waals surface area contributed by atoms with Crippen molar-refractivity contribution in [1.29, 1.82) is 0 Å². The number of aliphatic hydroxyl groups is 1. The number of aliphatic hydroxyl groups excluding tert-OH is 1. The Labute approximate surface area is 135 Å². The lowest BCUT2D eigenvalue weighted by atomic mass is 10.1. The van der Waals surface area contributed by atoms with E-state index in [0.29, 0.717) is 13.2 Å². The molecule has 0 saturated carbocycles. The van der Waals surface area contributed by atoms with Gasteiger partial charge in [0.15, 0.2) is 0 Å². The van der Waals surface area contributed by atoms with Gasteiger partial charge in [-0.05, 0) is 44.5 Å². The van der Waals surface area contributed by atoms with Gasteiger partial charge in [-0.15, -0.1) is 0 Å². The number of hydrogen-bond donors (Lipinski definition) is 2. The Kier molecular flexibility index (Phi) is 11.4. The average molecular weight is 308 g/mol. The molecule has 4 nitrogen and oxygen atoms in total. The van der Waals surface area contributed by atoms with Gasteiger partial charge in [-0.25, -0.2) is 0 Å². The van der Waals surface area contributed by atoms with E-state index < -0.39 is 0 Å². The van der Waals surface area contributed by atoms with E-state index in [2.05, 4.69) is 31.0 Å². The molecule has 2 N–H and O–H groups in total. The van der Waals surface area contributed by atoms with Crippen LogP contribution in [0, 0.1) is 13.8 Å². The molecule has 4 heteroatoms. The van der Waals surface area contributed by atoms with Crippen LogP contribution in [-0.2, 0) is 4.79 Å². The first-order valence-electron chi connectivity index (χ1n) is 8.19. The van der Waals surface area contributed by atoms with Crippen molar-refractivity contribution in [2.45, 2.75) is 47.5 Å². The number of hydrogen-bond acceptors (Lipinski definition) is 3. The molecule has 1 aromatic carbocycles. The summed E-state index contributed by atoms with van der Waals surface area (Å²) in [5.41, 5.74) is 3.17. The number of benzene rings is 1. The van der Waals surface area contributed by atoms with Crippen molar-refractivity contribution in [3.8, 4) is 0 Å². The number of rotatable bonds is 7. The molecule has 0 spiro atoms. The molecule has 0 heterocycles. The Morgan fingerprint density at radius 3 is 2.05 bits per heavy atom. The summed E-state index contributed by atoms with van der Waals surface area (Å²) in [5.74, 6) is 0.0612. The average Bonchev–Trinajstić information content (AvgIpc) is 2.50. The predicted molar refractivity (Wildman–Crippen MR) is 94.3 cm³/mol. The van der Waals surface area contributed by atoms with E-state index in [9.17, 15) is 4.79 Å². The number of carbonyl (C=O) groups excluding carboxylic acids is 1. The number of aryl methyl sites for hydroxylation is 2. The zero-order chi connectivity index (χ0) is 17.0. The number of nitrogens with one attached hydrogen (secondary N) is 1. The summed E-state index contributed by atoms with van der Waals surface area (Å²) < 4.78 is 0. The maximum Gasteiger partial charge on any atom is 0.238 e. The van der Waals surface area contributed by atoms with Crippen LogP contribution >= 0.6 is 0 Å². The molecule has 0 radical (unpaired) electrons. The monoisotopic (exact) mass is 308 g/mol. The number of para-hydroxylation sites is 1. The summed E-state index contributed by atoms with van der Waals surface area (Å²) in [6, 6.07) is 6.03. The summed E-state index contributed by atoms with van der Waals surface area (Å²) in [6.45, 7) is 12.8. The number of amides is 1. The zero-order valence-corrected chi connectivity index (χ0v) is 14.8. The standard InChI is InChI=1S/C14H22N2O.C4H10O/c1-5-16(6-2)10-13(17)15-14-11(3)8-7-9-12(14)4;1-2-3-4-5/h7-9H,5-6,10H2,1-4H3,(H,15,17);5H,2-4H2,1H3. The summed E-state index contributed by atoms with van der Waals surface area (Å²) in [7, 11) is 0. The maximum atomic E-state index is 11.9. The molecule has 0 saturated heterocycles. The number of anilines is 1. The second kappa shape index (κ2) is 12.2. The minimum atomic E-state index is 0.0612. The fourth-order valence-electron chi connectivity index (χ4n) is 2.00. The first-order valence-corrected chi connectivity index (χ1v) is 8.19. The van der Waals surface area contributed by atoms with Gasteiger partial charge < -0.3 is 10.4 Å². The first kappa shape index (κ1) is 20.6. The molecule has 0 aliphatic carbocycles. The van der Waals surface area contributed by atoms with Gasteiger partial charge in [0.2, 0.25) is 5.91 Å². The van der Waals surface area contributed by atoms with Crippen molar-refractivity contribution in [2.24, 2.45) is 0 Å². The largest absolute Gasteiger partial charge is 0.396 e. The normalized spacial score (nSPS) is 10.1. The second-order valence-corrected chi connectivity index (χ2v) is 5.35. The third-order valence-corrected chi connectivity index (χ3v) is 3.52. The van der Waals surface area contributed by atoms with Crippen molar-refractivity contribution in [3.63, 3.8) is 0 Å². The molecule has 0 atom stereocenters. The molecule has 0 aliphatic rings. The topological polar surface area (TPSA) is 52.6 Å². The van der Waals surface area contributed by atoms with Crippen molar-refractivity contribution >= 4 is 11.6 Å². The van der Waals surface area contributed by atoms with E-state index in [-0.39, 0.29) is 5.91 Å². The number of unbranched alkanes of at least 4 members (excludes halogenated alkanes) is 1. The van der Waals surface area contributed by atoms with E-state index in [4.69, 9.17) is 5.11 Å². The van der Waals surface area contributed by atoms with Crippen LogP contribution in [0.3, 0.4) is 0 Å². The summed E-state index contributed by atoms with van der Waals surface area (Å²) in [6.07, 6.45) is 2.04. The molecule has 0 unspecified atom stereocenters. The summed E-state index contributed by atoms with van der Waals surface area (Å²) in [4.78, 5) is 14.0. The molecule has 0 bridgehead atoms. The van der Waals surface area contributed by atoms with Crippen LogP contribution in [0.1, 0.15) is 44.7 Å². The second-order valence-electron chi connectivity index (χ2n) is 5.35. The molecule has 0 aromatic heterocycles. The SMILES string of the molecule is CCCCO.CCN(CC)CC(=O)Nc1c(C)cccc1C. The number of nitrogens with zero attached hydrogens (tertiary/aromatic N) is 1. The highest BCUT2D eigenvalue weighted by Gasteiger charge is 2.09. The van der Waals surface area contributed by atoms with Crippen LogP contribution < -0.4 is 5.32 Å². The third kappa shape index (κ3) is 8.15. The van der Waals surface area contributed by atoms with Gasteiger partial charge in [0.05, 0.1) is 6.54 Å². The molecule has 126 valence electrons. The van der Waals surface area contributed by atoms with E-state index in [0.717, 1.165) is 42.7 Å². The van der Waals surface area contributed by atoms with E-state index in [1.165, 1.54) is 0 Å². The zero-order valence-electron chi connectivity index (χ0n) is 14.8. The lowest BCUT2D eigenvalue weighted by Gasteiger charge is -2.18. The Morgan fingerprint density at radius 1 is 1.14 bits per heavy atom. The van der Waals surface area contributed by atoms with Gasteiger partial charge >= 0.3 is 0 Å². The van der Waals surface area contributed by atoms with Gasteiger partial charge in [-0.3, -0.25) is 9.69 Å². The molecule has 22 heavy (non-hydrogen) atoms. The van der Waals surface area contributed by atoms with Crippen molar-refractivity contribution < 1.29 is 9.90 Å². The van der Waals surface area contributed by atoms with Crippen LogP contribution in [0.25, 0.3) is 0 Å². The number of likely N-dealkylation sites (N-methyl/N-ethyl adjacent to an activating group) is 1. The lowest BCUT2D eigenvalue weighted by molar-refractivity contribution is -0.117. The molecule has 1 amide bonds. The quantitative estimate of drug-likeness (QED) is 0.812. The van der Waals surface area contributed by atoms with Crippen LogP contribution in [0.5, 0.6) is 0 Å². The van der Waals surface area contributed by atoms with Crippen LogP contribution in [-0.4, -0.2) is 42.2 Å². The van der Waals surface area contributed by atoms with Gasteiger partial charge in [0.1, 0.15) is 0 Å². The molecular formula is C18H32N2O2. The first-order chi connectivity index (χ1) is 10.5. The molecule has 1 aromatic rings. The summed E-state index contributed by atoms with van der Waals surface area (Å²) >= 11 is 0. The summed E-state index contributed by atoms with van der Waals surface area (Å²) in [5, 5.41) is 11.1. The van der Waals surface area contributed by atoms with E-state index in [1.807, 2.05) is 32.0 Å². The molecule has 0 fully saturated rings. The highest BCUT2D eigenvalue weighted by Crippen LogP contribution is 2.19. The van der Waals surface area contributed by atoms with Gasteiger partial charge in [0.25, 0.3) is 0 Å². The minimum absolute atomic E-state index is 0.0612. The van der Waals surface area contributed by atoms with E-state index in [1.54, 1.807) is 0 Å². The lowest BCUT2D eigenvalue weighted by Crippen LogP contribution is -2.33. The van der Waals surface area contributed by atoms with Crippen LogP contribution in [0.4, 0.5) is 5.69 Å². The Hall–Kier alpha value is -1.39. The van der Waals surface area contributed by atoms with Crippen LogP contribution in [0.15, 0.2) is 18.2 Å². The Bertz CT molecular complexity index is 407. The molecule has 1 rings (SSSR count). The molecule has 0 aliphatic heterocycles. The maximum absolute atomic E-state index is 11.9. The fraction of sp³-hybridized carbons (Fsp3) is 0.611. The smallest absolute Gasteiger partial charge is 0.238 e. The van der Waals surface area contributed by atoms with Gasteiger partial charge in [-0.2, -0.15) is 0 Å². The minimum Gasteiger partial charge on any atom is -0.396 e. The molecular weight excluding hydrogens is 276 g/mol. The predicted octanol–water partition coefficient (Wildman–Crippen LogP) is 3.36. The highest BCUT2D eigenvalue weighted by atomic mass is 16.2. The Morgan fingerprint density at radius 2 is 1.68 bits per heavy atom. The highest BCUT2D eigenvalue weighted by molar-refractivity contribution is 5.93. The van der Waals surface area contributed by atoms with E-state index >= 15 is 0 Å². The van der Waals surface area contributed by atoms with Gasteiger partial charge in [-0.1, -0.05) is 45.4 Å². The van der Waals surface area contributed by atoms with Crippen LogP contribution in [0.2, 0.25) is 0 Å². The van der Waals surface area contributed by atoms with Crippen molar-refractivity contribution in [1.82, 2.24) is 4.90 Å². The third-order valence-electron chi connectivity index (χ3n) is 3.52. The Balaban J connectivity index is 0.000000763. The van der Waals surface area contributed by atoms with Crippen molar-refractivity contribution in [3.05, 3.63) is 29.3 Å². The fourth-order valence-corrected chi connectivity index (χ4v) is 2.00. The van der Waals surface area contributed by atoms with Crippen molar-refractivity contribution in [2.75, 3.05) is 31.6 Å². The van der Waals surface area contributed by atoms with Gasteiger partial charge in [0, 0.05) is 12.3 Å². The number of carbonyl (C=O) groups is 1.